The van der Waals surface area contributed by atoms with Crippen LogP contribution in [-0.2, 0) is 32.7 Å². The van der Waals surface area contributed by atoms with Crippen molar-refractivity contribution in [2.24, 2.45) is 0 Å². The SMILES string of the molecule is CCCCCCC/C=C\C/C=C\C/C=C\CCCCCCCCCCCCCCCCCCCCC(=O)OC(COC(=O)CCCCCCCCCCCCCCCCCCCCCCCCCCCCCCCCCCCCCCCCCC)COP(=O)([O-])OCC[N+](C)(C)C. The van der Waals surface area contributed by atoms with Crippen LogP contribution in [0.2, 0.25) is 0 Å². The van der Waals surface area contributed by atoms with Crippen LogP contribution in [0.5, 0.6) is 0 Å². The Labute approximate surface area is 605 Å². The van der Waals surface area contributed by atoms with Gasteiger partial charge in [-0.15, -0.1) is 0 Å². The molecule has 0 aromatic rings. The molecule has 0 fully saturated rings. The summed E-state index contributed by atoms with van der Waals surface area (Å²) in [7, 11) is 1.19. The smallest absolute Gasteiger partial charge is 0.306 e. The number of carbonyl (C=O) groups excluding carboxylic acids is 2. The third-order valence-electron chi connectivity index (χ3n) is 19.9. The average molecular weight is 1390 g/mol. The summed E-state index contributed by atoms with van der Waals surface area (Å²) in [6, 6.07) is 0. The van der Waals surface area contributed by atoms with Gasteiger partial charge in [-0.2, -0.15) is 0 Å². The molecule has 0 aromatic heterocycles. The topological polar surface area (TPSA) is 111 Å². The maximum atomic E-state index is 12.9. The Bertz CT molecular complexity index is 1730. The van der Waals surface area contributed by atoms with Crippen molar-refractivity contribution in [2.45, 2.75) is 463 Å². The minimum absolute atomic E-state index is 0.0274. The molecule has 2 atom stereocenters. The summed E-state index contributed by atoms with van der Waals surface area (Å²) in [6.45, 7) is 4.32. The monoisotopic (exact) mass is 1390 g/mol. The molecule has 10 heteroatoms. The van der Waals surface area contributed by atoms with E-state index in [2.05, 4.69) is 50.3 Å². The maximum absolute atomic E-state index is 12.9. The highest BCUT2D eigenvalue weighted by atomic mass is 31.2. The molecular formula is C87H168NO8P. The van der Waals surface area contributed by atoms with E-state index in [1.54, 1.807) is 0 Å². The van der Waals surface area contributed by atoms with E-state index in [1.807, 2.05) is 21.1 Å². The molecule has 9 nitrogen and oxygen atoms in total. The summed E-state index contributed by atoms with van der Waals surface area (Å²) in [6.07, 6.45) is 103. The first-order valence-corrected chi connectivity index (χ1v) is 44.7. The molecule has 0 saturated carbocycles. The fraction of sp³-hybridized carbons (Fsp3) is 0.908. The van der Waals surface area contributed by atoms with Crippen molar-refractivity contribution in [3.63, 3.8) is 0 Å². The number of likely N-dealkylation sites (N-methyl/N-ethyl adjacent to an activating group) is 1. The Morgan fingerprint density at radius 1 is 0.320 bits per heavy atom. The number of esters is 2. The molecule has 0 bridgehead atoms. The molecule has 0 rings (SSSR count). The predicted molar refractivity (Wildman–Crippen MR) is 421 cm³/mol. The number of carbonyl (C=O) groups is 2. The zero-order valence-electron chi connectivity index (χ0n) is 65.8. The molecular weight excluding hydrogens is 1220 g/mol. The number of allylic oxidation sites excluding steroid dienone is 6. The largest absolute Gasteiger partial charge is 0.756 e. The summed E-state index contributed by atoms with van der Waals surface area (Å²) >= 11 is 0. The van der Waals surface area contributed by atoms with E-state index in [-0.39, 0.29) is 32.0 Å². The van der Waals surface area contributed by atoms with E-state index < -0.39 is 26.5 Å². The molecule has 0 spiro atoms. The number of unbranched alkanes of at least 4 members (excludes halogenated alkanes) is 62. The molecule has 0 aliphatic rings. The highest BCUT2D eigenvalue weighted by Gasteiger charge is 2.22. The van der Waals surface area contributed by atoms with E-state index in [0.717, 1.165) is 44.9 Å². The molecule has 0 aromatic carbocycles. The molecule has 0 aliphatic carbocycles. The standard InChI is InChI=1S/C87H168NO8P/c1-6-8-10-12-14-16-18-20-22-24-26-28-30-32-34-36-38-40-41-42-43-44-45-46-48-49-51-53-55-57-59-61-63-65-67-69-71-73-75-77-79-86(89)93-83-85(84-95-97(91,92)94-82-81-88(3,4)5)96-87(90)80-78-76-74-72-70-68-66-64-62-60-58-56-54-52-50-47-39-37-35-33-31-29-27-25-23-21-19-17-15-13-11-9-7-2/h19,21,25,27,31,33,85H,6-18,20,22-24,26,28-30,32,34-84H2,1-5H3/b21-19-,27-25-,33-31-. The molecule has 0 amide bonds. The first-order chi connectivity index (χ1) is 47.5. The molecule has 97 heavy (non-hydrogen) atoms. The van der Waals surface area contributed by atoms with Gasteiger partial charge in [0, 0.05) is 12.8 Å². The molecule has 0 N–H and O–H groups in total. The van der Waals surface area contributed by atoms with Gasteiger partial charge in [0.25, 0.3) is 7.82 Å². The quantitative estimate of drug-likeness (QED) is 0.0195. The molecule has 574 valence electrons. The van der Waals surface area contributed by atoms with Gasteiger partial charge in [0.15, 0.2) is 6.10 Å². The molecule has 2 unspecified atom stereocenters. The Morgan fingerprint density at radius 2 is 0.557 bits per heavy atom. The van der Waals surface area contributed by atoms with Crippen molar-refractivity contribution in [1.82, 2.24) is 0 Å². The van der Waals surface area contributed by atoms with E-state index >= 15 is 0 Å². The van der Waals surface area contributed by atoms with E-state index in [0.29, 0.717) is 17.4 Å². The van der Waals surface area contributed by atoms with Crippen LogP contribution in [0.3, 0.4) is 0 Å². The van der Waals surface area contributed by atoms with Crippen LogP contribution in [0.1, 0.15) is 457 Å². The number of hydrogen-bond acceptors (Lipinski definition) is 8. The zero-order chi connectivity index (χ0) is 70.4. The molecule has 0 aliphatic heterocycles. The van der Waals surface area contributed by atoms with Gasteiger partial charge in [-0.3, -0.25) is 14.2 Å². The van der Waals surface area contributed by atoms with Crippen LogP contribution in [0.4, 0.5) is 0 Å². The van der Waals surface area contributed by atoms with Crippen LogP contribution in [-0.4, -0.2) is 70.0 Å². The third kappa shape index (κ3) is 83.1. The van der Waals surface area contributed by atoms with Crippen molar-refractivity contribution in [2.75, 3.05) is 47.5 Å². The fourth-order valence-corrected chi connectivity index (χ4v) is 14.0. The predicted octanol–water partition coefficient (Wildman–Crippen LogP) is 28.3. The lowest BCUT2D eigenvalue weighted by Crippen LogP contribution is -2.37. The highest BCUT2D eigenvalue weighted by molar-refractivity contribution is 7.45. The Hall–Kier alpha value is -1.77. The van der Waals surface area contributed by atoms with E-state index in [1.165, 1.54) is 379 Å². The highest BCUT2D eigenvalue weighted by Crippen LogP contribution is 2.38. The third-order valence-corrected chi connectivity index (χ3v) is 20.9. The number of hydrogen-bond donors (Lipinski definition) is 0. The lowest BCUT2D eigenvalue weighted by Gasteiger charge is -2.28. The van der Waals surface area contributed by atoms with Gasteiger partial charge in [0.2, 0.25) is 0 Å². The van der Waals surface area contributed by atoms with Crippen LogP contribution in [0.25, 0.3) is 0 Å². The number of phosphoric acid groups is 1. The second-order valence-electron chi connectivity index (χ2n) is 30.9. The van der Waals surface area contributed by atoms with Gasteiger partial charge in [-0.05, 0) is 51.4 Å². The number of rotatable bonds is 82. The van der Waals surface area contributed by atoms with Crippen molar-refractivity contribution in [3.8, 4) is 0 Å². The van der Waals surface area contributed by atoms with Gasteiger partial charge in [-0.25, -0.2) is 0 Å². The minimum Gasteiger partial charge on any atom is -0.756 e. The summed E-state index contributed by atoms with van der Waals surface area (Å²) in [5.41, 5.74) is 0. The second kappa shape index (κ2) is 78.4. The van der Waals surface area contributed by atoms with Gasteiger partial charge in [0.1, 0.15) is 19.8 Å². The van der Waals surface area contributed by atoms with Gasteiger partial charge >= 0.3 is 11.9 Å². The van der Waals surface area contributed by atoms with Crippen LogP contribution in [0, 0.1) is 0 Å². The average Bonchev–Trinajstić information content (AvgIpc) is 1.58. The van der Waals surface area contributed by atoms with Gasteiger partial charge < -0.3 is 27.9 Å². The zero-order valence-corrected chi connectivity index (χ0v) is 66.7. The number of nitrogens with zero attached hydrogens (tertiary/aromatic N) is 1. The van der Waals surface area contributed by atoms with Crippen LogP contribution in [0.15, 0.2) is 36.5 Å². The maximum Gasteiger partial charge on any atom is 0.306 e. The van der Waals surface area contributed by atoms with E-state index in [9.17, 15) is 19.0 Å². The molecule has 0 saturated heterocycles. The first-order valence-electron chi connectivity index (χ1n) is 43.2. The van der Waals surface area contributed by atoms with Crippen molar-refractivity contribution < 1.29 is 42.1 Å². The minimum atomic E-state index is -4.64. The summed E-state index contributed by atoms with van der Waals surface area (Å²) in [4.78, 5) is 38.2. The molecule has 0 heterocycles. The number of phosphoric ester groups is 1. The Kier molecular flexibility index (Phi) is 76.9. The van der Waals surface area contributed by atoms with Crippen molar-refractivity contribution in [1.29, 1.82) is 0 Å². The van der Waals surface area contributed by atoms with E-state index in [4.69, 9.17) is 18.5 Å². The van der Waals surface area contributed by atoms with Crippen molar-refractivity contribution in [3.05, 3.63) is 36.5 Å². The summed E-state index contributed by atoms with van der Waals surface area (Å²) < 4.78 is 34.5. The summed E-state index contributed by atoms with van der Waals surface area (Å²) in [5.74, 6) is -0.806. The molecule has 0 radical (unpaired) electrons. The Morgan fingerprint density at radius 3 is 0.825 bits per heavy atom. The van der Waals surface area contributed by atoms with Crippen LogP contribution >= 0.6 is 7.82 Å². The lowest BCUT2D eigenvalue weighted by molar-refractivity contribution is -0.870. The summed E-state index contributed by atoms with van der Waals surface area (Å²) in [5, 5.41) is 0. The Balaban J connectivity index is 3.85. The first kappa shape index (κ1) is 95.2. The fourth-order valence-electron chi connectivity index (χ4n) is 13.3. The number of ether oxygens (including phenoxy) is 2. The van der Waals surface area contributed by atoms with Gasteiger partial charge in [0.05, 0.1) is 27.7 Å². The second-order valence-corrected chi connectivity index (χ2v) is 32.3. The lowest BCUT2D eigenvalue weighted by atomic mass is 10.0. The van der Waals surface area contributed by atoms with Crippen molar-refractivity contribution >= 4 is 19.8 Å². The van der Waals surface area contributed by atoms with Crippen LogP contribution < -0.4 is 4.89 Å². The normalized spacial score (nSPS) is 13.1. The van der Waals surface area contributed by atoms with Gasteiger partial charge in [-0.1, -0.05) is 429 Å². The number of quaternary nitrogens is 1.